The lowest BCUT2D eigenvalue weighted by molar-refractivity contribution is 0.324. The number of halogens is 1. The summed E-state index contributed by atoms with van der Waals surface area (Å²) in [5.41, 5.74) is 2.74. The van der Waals surface area contributed by atoms with Crippen LogP contribution in [0.5, 0.6) is 17.2 Å². The average molecular weight is 394 g/mol. The molecule has 0 bridgehead atoms. The van der Waals surface area contributed by atoms with Crippen LogP contribution >= 0.6 is 0 Å². The van der Waals surface area contributed by atoms with Gasteiger partial charge in [-0.05, 0) is 18.2 Å². The molecule has 0 aliphatic rings. The Morgan fingerprint density at radius 2 is 1.72 bits per heavy atom. The van der Waals surface area contributed by atoms with E-state index in [4.69, 9.17) is 14.2 Å². The van der Waals surface area contributed by atoms with Crippen molar-refractivity contribution in [3.8, 4) is 28.6 Å². The normalized spacial score (nSPS) is 10.8. The first-order chi connectivity index (χ1) is 14.1. The summed E-state index contributed by atoms with van der Waals surface area (Å²) in [7, 11) is 4.66. The molecule has 0 saturated carbocycles. The number of hydrogen-bond acceptors (Lipinski definition) is 6. The van der Waals surface area contributed by atoms with E-state index in [0.29, 0.717) is 45.7 Å². The van der Waals surface area contributed by atoms with Crippen LogP contribution in [0.2, 0.25) is 0 Å². The molecule has 29 heavy (non-hydrogen) atoms. The molecule has 148 valence electrons. The van der Waals surface area contributed by atoms with E-state index in [-0.39, 0.29) is 5.82 Å². The minimum Gasteiger partial charge on any atom is -0.493 e. The highest BCUT2D eigenvalue weighted by molar-refractivity contribution is 5.90. The number of benzene rings is 2. The van der Waals surface area contributed by atoms with Gasteiger partial charge in [0.05, 0.1) is 26.8 Å². The van der Waals surface area contributed by atoms with Crippen LogP contribution in [0, 0.1) is 5.82 Å². The van der Waals surface area contributed by atoms with Crippen molar-refractivity contribution in [2.75, 3.05) is 26.6 Å². The quantitative estimate of drug-likeness (QED) is 0.500. The molecule has 7 nitrogen and oxygen atoms in total. The number of aromatic amines is 1. The van der Waals surface area contributed by atoms with E-state index in [1.165, 1.54) is 12.1 Å². The van der Waals surface area contributed by atoms with Gasteiger partial charge in [-0.2, -0.15) is 0 Å². The molecule has 0 saturated heterocycles. The Balaban J connectivity index is 1.75. The first-order valence-corrected chi connectivity index (χ1v) is 8.80. The molecule has 0 atom stereocenters. The molecular weight excluding hydrogens is 375 g/mol. The van der Waals surface area contributed by atoms with Crippen LogP contribution in [0.4, 0.5) is 15.9 Å². The second kappa shape index (κ2) is 7.67. The zero-order chi connectivity index (χ0) is 20.4. The Labute approximate surface area is 166 Å². The molecule has 2 aromatic heterocycles. The molecule has 4 rings (SSSR count). The van der Waals surface area contributed by atoms with Crippen molar-refractivity contribution in [2.45, 2.75) is 0 Å². The smallest absolute Gasteiger partial charge is 0.203 e. The molecule has 0 fully saturated rings. The van der Waals surface area contributed by atoms with Crippen molar-refractivity contribution in [1.82, 2.24) is 15.0 Å². The maximum absolute atomic E-state index is 13.6. The number of methoxy groups -OCH3 is 3. The highest BCUT2D eigenvalue weighted by Crippen LogP contribution is 2.41. The Bertz CT molecular complexity index is 1150. The monoisotopic (exact) mass is 394 g/mol. The third kappa shape index (κ3) is 3.52. The molecule has 2 N–H and O–H groups in total. The molecule has 0 amide bonds. The van der Waals surface area contributed by atoms with E-state index in [1.54, 1.807) is 51.8 Å². The van der Waals surface area contributed by atoms with Gasteiger partial charge in [-0.1, -0.05) is 12.1 Å². The minimum absolute atomic E-state index is 0.322. The number of H-pyrrole nitrogens is 1. The fourth-order valence-corrected chi connectivity index (χ4v) is 3.09. The average Bonchev–Trinajstić information content (AvgIpc) is 3.18. The Kier molecular flexibility index (Phi) is 4.90. The highest BCUT2D eigenvalue weighted by atomic mass is 19.1. The van der Waals surface area contributed by atoms with Gasteiger partial charge in [0, 0.05) is 29.6 Å². The number of aromatic nitrogens is 3. The van der Waals surface area contributed by atoms with Crippen molar-refractivity contribution in [1.29, 1.82) is 0 Å². The summed E-state index contributed by atoms with van der Waals surface area (Å²) >= 11 is 0. The number of rotatable bonds is 6. The molecule has 8 heteroatoms. The van der Waals surface area contributed by atoms with Crippen LogP contribution in [0.25, 0.3) is 22.4 Å². The third-order valence-electron chi connectivity index (χ3n) is 4.43. The first-order valence-electron chi connectivity index (χ1n) is 8.80. The van der Waals surface area contributed by atoms with E-state index in [1.807, 2.05) is 6.07 Å². The van der Waals surface area contributed by atoms with E-state index in [0.717, 1.165) is 5.52 Å². The van der Waals surface area contributed by atoms with E-state index in [9.17, 15) is 4.39 Å². The third-order valence-corrected chi connectivity index (χ3v) is 4.43. The minimum atomic E-state index is -0.322. The maximum Gasteiger partial charge on any atom is 0.203 e. The van der Waals surface area contributed by atoms with Crippen molar-refractivity contribution in [3.05, 3.63) is 54.5 Å². The number of pyridine rings is 1. The number of hydrogen-bond donors (Lipinski definition) is 2. The van der Waals surface area contributed by atoms with Gasteiger partial charge < -0.3 is 24.5 Å². The van der Waals surface area contributed by atoms with Crippen molar-refractivity contribution >= 4 is 22.5 Å². The highest BCUT2D eigenvalue weighted by Gasteiger charge is 2.15. The summed E-state index contributed by atoms with van der Waals surface area (Å²) in [4.78, 5) is 12.2. The van der Waals surface area contributed by atoms with E-state index < -0.39 is 0 Å². The molecule has 0 spiro atoms. The zero-order valence-electron chi connectivity index (χ0n) is 16.1. The van der Waals surface area contributed by atoms with Crippen LogP contribution in [-0.2, 0) is 0 Å². The molecule has 4 aromatic rings. The fraction of sp³-hybridized carbons (Fsp3) is 0.143. The summed E-state index contributed by atoms with van der Waals surface area (Å²) in [6.45, 7) is 0. The number of nitrogens with zero attached hydrogens (tertiary/aromatic N) is 2. The SMILES string of the molecule is COc1cc(Nc2nccc3[nH]c(-c4cccc(F)c4)nc23)cc(OC)c1OC. The lowest BCUT2D eigenvalue weighted by Gasteiger charge is -2.15. The van der Waals surface area contributed by atoms with Crippen LogP contribution in [-0.4, -0.2) is 36.3 Å². The maximum atomic E-state index is 13.6. The number of fused-ring (bicyclic) bond motifs is 1. The van der Waals surface area contributed by atoms with Gasteiger partial charge in [-0.25, -0.2) is 14.4 Å². The van der Waals surface area contributed by atoms with Crippen LogP contribution < -0.4 is 19.5 Å². The molecule has 0 unspecified atom stereocenters. The van der Waals surface area contributed by atoms with Crippen LogP contribution in [0.1, 0.15) is 0 Å². The van der Waals surface area contributed by atoms with Gasteiger partial charge in [0.2, 0.25) is 5.75 Å². The topological polar surface area (TPSA) is 81.3 Å². The largest absolute Gasteiger partial charge is 0.493 e. The predicted molar refractivity (Wildman–Crippen MR) is 109 cm³/mol. The van der Waals surface area contributed by atoms with Gasteiger partial charge in [0.15, 0.2) is 17.3 Å². The second-order valence-corrected chi connectivity index (χ2v) is 6.19. The van der Waals surface area contributed by atoms with Crippen molar-refractivity contribution in [2.24, 2.45) is 0 Å². The second-order valence-electron chi connectivity index (χ2n) is 6.19. The lowest BCUT2D eigenvalue weighted by atomic mass is 10.2. The number of imidazole rings is 1. The van der Waals surface area contributed by atoms with Gasteiger partial charge in [0.25, 0.3) is 0 Å². The zero-order valence-corrected chi connectivity index (χ0v) is 16.1. The molecule has 2 aromatic carbocycles. The number of nitrogens with one attached hydrogen (secondary N) is 2. The lowest BCUT2D eigenvalue weighted by Crippen LogP contribution is -1.99. The molecule has 0 aliphatic carbocycles. The summed E-state index contributed by atoms with van der Waals surface area (Å²) in [6, 6.07) is 11.6. The first kappa shape index (κ1) is 18.5. The Hall–Kier alpha value is -3.81. The van der Waals surface area contributed by atoms with Gasteiger partial charge in [0.1, 0.15) is 17.2 Å². The molecular formula is C21H19FN4O3. The van der Waals surface area contributed by atoms with E-state index >= 15 is 0 Å². The van der Waals surface area contributed by atoms with Gasteiger partial charge >= 0.3 is 0 Å². The molecule has 0 radical (unpaired) electrons. The number of ether oxygens (including phenoxy) is 3. The summed E-state index contributed by atoms with van der Waals surface area (Å²) in [5.74, 6) is 2.31. The number of anilines is 2. The van der Waals surface area contributed by atoms with Crippen molar-refractivity contribution < 1.29 is 18.6 Å². The van der Waals surface area contributed by atoms with Crippen LogP contribution in [0.3, 0.4) is 0 Å². The Morgan fingerprint density at radius 1 is 0.966 bits per heavy atom. The summed E-state index contributed by atoms with van der Waals surface area (Å²) < 4.78 is 29.7. The summed E-state index contributed by atoms with van der Waals surface area (Å²) in [5, 5.41) is 3.24. The fourth-order valence-electron chi connectivity index (χ4n) is 3.09. The van der Waals surface area contributed by atoms with Crippen molar-refractivity contribution in [3.63, 3.8) is 0 Å². The summed E-state index contributed by atoms with van der Waals surface area (Å²) in [6.07, 6.45) is 1.66. The molecule has 0 aliphatic heterocycles. The van der Waals surface area contributed by atoms with Gasteiger partial charge in [-0.3, -0.25) is 0 Å². The molecule has 2 heterocycles. The van der Waals surface area contributed by atoms with Gasteiger partial charge in [-0.15, -0.1) is 0 Å². The van der Waals surface area contributed by atoms with Crippen LogP contribution in [0.15, 0.2) is 48.7 Å². The standard InChI is InChI=1S/C21H19FN4O3/c1-27-16-10-14(11-17(28-2)19(16)29-3)24-21-18-15(7-8-23-21)25-20(26-18)12-5-4-6-13(22)9-12/h4-11H,1-3H3,(H,23,24)(H,25,26). The van der Waals surface area contributed by atoms with E-state index in [2.05, 4.69) is 20.3 Å². The predicted octanol–water partition coefficient (Wildman–Crippen LogP) is 4.53. The Morgan fingerprint density at radius 3 is 2.38 bits per heavy atom.